The van der Waals surface area contributed by atoms with E-state index in [2.05, 4.69) is 30.7 Å². The van der Waals surface area contributed by atoms with E-state index in [0.29, 0.717) is 23.6 Å². The van der Waals surface area contributed by atoms with Crippen LogP contribution < -0.4 is 20.1 Å². The molecule has 1 saturated heterocycles. The van der Waals surface area contributed by atoms with Crippen molar-refractivity contribution < 1.29 is 19.1 Å². The van der Waals surface area contributed by atoms with Gasteiger partial charge in [-0.2, -0.15) is 5.10 Å². The van der Waals surface area contributed by atoms with Gasteiger partial charge >= 0.3 is 0 Å². The molecule has 0 saturated carbocycles. The number of aromatic nitrogens is 3. The maximum absolute atomic E-state index is 12.7. The van der Waals surface area contributed by atoms with Crippen LogP contribution >= 0.6 is 0 Å². The monoisotopic (exact) mass is 450 g/mol. The molecule has 0 atom stereocenters. The molecule has 0 unspecified atom stereocenters. The van der Waals surface area contributed by atoms with Crippen molar-refractivity contribution in [1.29, 1.82) is 0 Å². The molecule has 1 aliphatic heterocycles. The van der Waals surface area contributed by atoms with Crippen molar-refractivity contribution in [3.8, 4) is 11.5 Å². The van der Waals surface area contributed by atoms with Gasteiger partial charge in [-0.05, 0) is 56.3 Å². The van der Waals surface area contributed by atoms with Crippen LogP contribution in [0.25, 0.3) is 0 Å². The SMILES string of the molecule is COc1cncc(C(=O)Nc2cn[nH]c2C(=O)Nc2ccc(OCCN3CCCC3)cc2)c1. The van der Waals surface area contributed by atoms with Crippen molar-refractivity contribution in [2.45, 2.75) is 12.8 Å². The zero-order chi connectivity index (χ0) is 23.0. The Morgan fingerprint density at radius 1 is 1.03 bits per heavy atom. The minimum atomic E-state index is -0.438. The van der Waals surface area contributed by atoms with E-state index in [-0.39, 0.29) is 11.4 Å². The number of carbonyl (C=O) groups is 2. The number of pyridine rings is 1. The van der Waals surface area contributed by atoms with Crippen LogP contribution in [-0.2, 0) is 0 Å². The highest BCUT2D eigenvalue weighted by Gasteiger charge is 2.18. The second-order valence-electron chi connectivity index (χ2n) is 7.60. The summed E-state index contributed by atoms with van der Waals surface area (Å²) >= 11 is 0. The number of aromatic amines is 1. The molecule has 1 aromatic carbocycles. The minimum Gasteiger partial charge on any atom is -0.495 e. The molecule has 1 fully saturated rings. The Morgan fingerprint density at radius 3 is 2.58 bits per heavy atom. The van der Waals surface area contributed by atoms with Crippen molar-refractivity contribution in [2.24, 2.45) is 0 Å². The molecule has 33 heavy (non-hydrogen) atoms. The largest absolute Gasteiger partial charge is 0.495 e. The lowest BCUT2D eigenvalue weighted by Crippen LogP contribution is -2.25. The van der Waals surface area contributed by atoms with Gasteiger partial charge in [0.25, 0.3) is 11.8 Å². The zero-order valence-electron chi connectivity index (χ0n) is 18.3. The number of benzene rings is 1. The third-order valence-corrected chi connectivity index (χ3v) is 5.31. The van der Waals surface area contributed by atoms with Gasteiger partial charge in [0.2, 0.25) is 0 Å². The molecule has 172 valence electrons. The van der Waals surface area contributed by atoms with E-state index in [1.165, 1.54) is 38.5 Å². The summed E-state index contributed by atoms with van der Waals surface area (Å²) in [4.78, 5) is 31.6. The van der Waals surface area contributed by atoms with Crippen LogP contribution in [0.2, 0.25) is 0 Å². The third kappa shape index (κ3) is 5.86. The second kappa shape index (κ2) is 10.6. The summed E-state index contributed by atoms with van der Waals surface area (Å²) in [7, 11) is 1.49. The number of hydrogen-bond acceptors (Lipinski definition) is 7. The summed E-state index contributed by atoms with van der Waals surface area (Å²) in [5.41, 5.74) is 1.27. The fourth-order valence-corrected chi connectivity index (χ4v) is 3.53. The van der Waals surface area contributed by atoms with E-state index in [9.17, 15) is 9.59 Å². The quantitative estimate of drug-likeness (QED) is 0.458. The van der Waals surface area contributed by atoms with Gasteiger partial charge in [-0.25, -0.2) is 0 Å². The molecule has 0 spiro atoms. The number of rotatable bonds is 9. The van der Waals surface area contributed by atoms with Crippen LogP contribution in [0.4, 0.5) is 11.4 Å². The number of hydrogen-bond donors (Lipinski definition) is 3. The van der Waals surface area contributed by atoms with Gasteiger partial charge in [-0.15, -0.1) is 0 Å². The van der Waals surface area contributed by atoms with Crippen LogP contribution in [0.1, 0.15) is 33.7 Å². The number of H-pyrrole nitrogens is 1. The van der Waals surface area contributed by atoms with Gasteiger partial charge in [-0.1, -0.05) is 0 Å². The molecule has 3 aromatic rings. The van der Waals surface area contributed by atoms with Gasteiger partial charge < -0.3 is 20.1 Å². The Hall–Kier alpha value is -3.92. The topological polar surface area (TPSA) is 121 Å². The number of carbonyl (C=O) groups excluding carboxylic acids is 2. The number of methoxy groups -OCH3 is 1. The predicted octanol–water partition coefficient (Wildman–Crippen LogP) is 2.79. The van der Waals surface area contributed by atoms with Gasteiger partial charge in [0.1, 0.15) is 23.8 Å². The first kappa shape index (κ1) is 22.3. The molecule has 2 aromatic heterocycles. The molecule has 0 radical (unpaired) electrons. The van der Waals surface area contributed by atoms with Crippen molar-refractivity contribution in [3.05, 3.63) is 60.2 Å². The van der Waals surface area contributed by atoms with E-state index in [1.54, 1.807) is 18.2 Å². The average Bonchev–Trinajstić information content (AvgIpc) is 3.52. The average molecular weight is 450 g/mol. The minimum absolute atomic E-state index is 0.130. The molecule has 3 N–H and O–H groups in total. The number of nitrogens with zero attached hydrogens (tertiary/aromatic N) is 3. The summed E-state index contributed by atoms with van der Waals surface area (Å²) in [6.45, 7) is 3.83. The number of anilines is 2. The van der Waals surface area contributed by atoms with Crippen molar-refractivity contribution in [3.63, 3.8) is 0 Å². The maximum atomic E-state index is 12.7. The molecule has 3 heterocycles. The fourth-order valence-electron chi connectivity index (χ4n) is 3.53. The summed E-state index contributed by atoms with van der Waals surface area (Å²) in [5, 5.41) is 12.0. The Bertz CT molecular complexity index is 1090. The fraction of sp³-hybridized carbons (Fsp3) is 0.304. The Kier molecular flexibility index (Phi) is 7.16. The highest BCUT2D eigenvalue weighted by atomic mass is 16.5. The summed E-state index contributed by atoms with van der Waals surface area (Å²) in [6, 6.07) is 8.70. The first-order chi connectivity index (χ1) is 16.1. The molecule has 0 aliphatic carbocycles. The lowest BCUT2D eigenvalue weighted by Gasteiger charge is -2.15. The third-order valence-electron chi connectivity index (χ3n) is 5.31. The van der Waals surface area contributed by atoms with E-state index in [1.807, 2.05) is 12.1 Å². The number of nitrogens with one attached hydrogen (secondary N) is 3. The number of likely N-dealkylation sites (tertiary alicyclic amines) is 1. The second-order valence-corrected chi connectivity index (χ2v) is 7.60. The lowest BCUT2D eigenvalue weighted by molar-refractivity contribution is 0.102. The highest BCUT2D eigenvalue weighted by molar-refractivity contribution is 6.11. The first-order valence-corrected chi connectivity index (χ1v) is 10.7. The zero-order valence-corrected chi connectivity index (χ0v) is 18.3. The Balaban J connectivity index is 1.32. The van der Waals surface area contributed by atoms with Gasteiger partial charge in [-0.3, -0.25) is 24.6 Å². The van der Waals surface area contributed by atoms with Gasteiger partial charge in [0.15, 0.2) is 0 Å². The van der Waals surface area contributed by atoms with Crippen LogP contribution in [0, 0.1) is 0 Å². The van der Waals surface area contributed by atoms with Crippen LogP contribution in [0.3, 0.4) is 0 Å². The summed E-state index contributed by atoms with van der Waals surface area (Å²) in [5.74, 6) is 0.325. The molecule has 0 bridgehead atoms. The summed E-state index contributed by atoms with van der Waals surface area (Å²) in [6.07, 6.45) is 6.80. The predicted molar refractivity (Wildman–Crippen MR) is 123 cm³/mol. The van der Waals surface area contributed by atoms with E-state index < -0.39 is 11.8 Å². The van der Waals surface area contributed by atoms with E-state index >= 15 is 0 Å². The lowest BCUT2D eigenvalue weighted by atomic mass is 10.2. The number of ether oxygens (including phenoxy) is 2. The van der Waals surface area contributed by atoms with Crippen LogP contribution in [-0.4, -0.2) is 65.2 Å². The Morgan fingerprint density at radius 2 is 1.82 bits per heavy atom. The van der Waals surface area contributed by atoms with Gasteiger partial charge in [0, 0.05) is 18.4 Å². The molecule has 10 nitrogen and oxygen atoms in total. The van der Waals surface area contributed by atoms with Crippen molar-refractivity contribution >= 4 is 23.2 Å². The molecule has 4 rings (SSSR count). The molecular formula is C23H26N6O4. The van der Waals surface area contributed by atoms with Crippen LogP contribution in [0.5, 0.6) is 11.5 Å². The van der Waals surface area contributed by atoms with E-state index in [4.69, 9.17) is 9.47 Å². The normalized spacial score (nSPS) is 13.5. The molecule has 2 amide bonds. The Labute approximate surface area is 191 Å². The van der Waals surface area contributed by atoms with E-state index in [0.717, 1.165) is 25.4 Å². The number of amides is 2. The van der Waals surface area contributed by atoms with Crippen molar-refractivity contribution in [2.75, 3.05) is 44.0 Å². The van der Waals surface area contributed by atoms with Crippen molar-refractivity contribution in [1.82, 2.24) is 20.1 Å². The highest BCUT2D eigenvalue weighted by Crippen LogP contribution is 2.20. The summed E-state index contributed by atoms with van der Waals surface area (Å²) < 4.78 is 10.9. The first-order valence-electron chi connectivity index (χ1n) is 10.7. The smallest absolute Gasteiger partial charge is 0.275 e. The molecule has 10 heteroatoms. The molecular weight excluding hydrogens is 424 g/mol. The maximum Gasteiger partial charge on any atom is 0.275 e. The van der Waals surface area contributed by atoms with Crippen LogP contribution in [0.15, 0.2) is 48.9 Å². The van der Waals surface area contributed by atoms with Gasteiger partial charge in [0.05, 0.1) is 30.8 Å². The molecule has 1 aliphatic rings. The standard InChI is InChI=1S/C23H26N6O4/c1-32-19-12-16(13-24-14-19)22(30)27-20-15-25-28-21(20)23(31)26-17-4-6-18(7-5-17)33-11-10-29-8-2-3-9-29/h4-7,12-15H,2-3,8-11H2,1H3,(H,25,28)(H,26,31)(H,27,30).